The van der Waals surface area contributed by atoms with Gasteiger partial charge in [-0.05, 0) is 45.7 Å². The summed E-state index contributed by atoms with van der Waals surface area (Å²) in [4.78, 5) is 22.3. The van der Waals surface area contributed by atoms with E-state index in [1.165, 1.54) is 0 Å². The number of fused-ring (bicyclic) bond motifs is 3. The largest absolute Gasteiger partial charge is 0.332 e. The van der Waals surface area contributed by atoms with Gasteiger partial charge < -0.3 is 4.52 Å². The van der Waals surface area contributed by atoms with E-state index in [0.29, 0.717) is 28.8 Å². The molecule has 0 N–H and O–H groups in total. The average Bonchev–Trinajstić information content (AvgIpc) is 3.16. The van der Waals surface area contributed by atoms with Crippen molar-refractivity contribution in [2.24, 2.45) is 0 Å². The van der Waals surface area contributed by atoms with Crippen LogP contribution in [-0.4, -0.2) is 24.1 Å². The molecule has 7 heteroatoms. The molecule has 1 fully saturated rings. The van der Waals surface area contributed by atoms with Gasteiger partial charge in [0, 0.05) is 11.5 Å². The average molecular weight is 349 g/mol. The molecular formula is C19H19N5O2. The Morgan fingerprint density at radius 1 is 1.15 bits per heavy atom. The van der Waals surface area contributed by atoms with E-state index >= 15 is 0 Å². The minimum Gasteiger partial charge on any atom is -0.332 e. The molecule has 0 aliphatic heterocycles. The van der Waals surface area contributed by atoms with Gasteiger partial charge >= 0.3 is 0 Å². The lowest BCUT2D eigenvalue weighted by atomic mass is 10.1. The van der Waals surface area contributed by atoms with Crippen molar-refractivity contribution in [3.63, 3.8) is 0 Å². The Balaban J connectivity index is 1.87. The molecule has 0 unspecified atom stereocenters. The maximum atomic E-state index is 13.4. The van der Waals surface area contributed by atoms with Gasteiger partial charge in [0.1, 0.15) is 11.8 Å². The smallest absolute Gasteiger partial charge is 0.278 e. The zero-order chi connectivity index (χ0) is 18.1. The van der Waals surface area contributed by atoms with E-state index in [1.807, 2.05) is 49.4 Å². The van der Waals surface area contributed by atoms with Crippen LogP contribution in [0.4, 0.5) is 0 Å². The Hall–Kier alpha value is -2.96. The van der Waals surface area contributed by atoms with Gasteiger partial charge in [-0.3, -0.25) is 13.8 Å². The maximum absolute atomic E-state index is 13.4. The van der Waals surface area contributed by atoms with Crippen LogP contribution in [0, 0.1) is 0 Å². The standard InChI is InChI=1S/C19H19N5O2/c1-19(2,3)24-13-7-5-4-6-12(13)23-10-20-14(15(23)18(24)25)17-21-16(22-26-17)11-8-9-11/h4-7,10-11H,8-9H2,1-3H3. The summed E-state index contributed by atoms with van der Waals surface area (Å²) in [5.74, 6) is 1.40. The van der Waals surface area contributed by atoms with Gasteiger partial charge in [0.15, 0.2) is 11.5 Å². The molecule has 26 heavy (non-hydrogen) atoms. The molecule has 0 radical (unpaired) electrons. The molecule has 0 atom stereocenters. The van der Waals surface area contributed by atoms with E-state index in [9.17, 15) is 4.79 Å². The Labute approximate surface area is 149 Å². The SMILES string of the molecule is CC(C)(C)n1c(=O)c2c(-c3nc(C4CC4)no3)ncn2c2ccccc21. The van der Waals surface area contributed by atoms with Crippen LogP contribution in [0.3, 0.4) is 0 Å². The van der Waals surface area contributed by atoms with E-state index in [0.717, 1.165) is 23.9 Å². The van der Waals surface area contributed by atoms with Crippen molar-refractivity contribution in [3.05, 3.63) is 46.8 Å². The molecule has 1 aliphatic rings. The van der Waals surface area contributed by atoms with Crippen LogP contribution in [0.25, 0.3) is 28.1 Å². The highest BCUT2D eigenvalue weighted by molar-refractivity contribution is 5.83. The summed E-state index contributed by atoms with van der Waals surface area (Å²) >= 11 is 0. The third-order valence-electron chi connectivity index (χ3n) is 4.81. The van der Waals surface area contributed by atoms with Crippen molar-refractivity contribution >= 4 is 16.6 Å². The maximum Gasteiger partial charge on any atom is 0.278 e. The quantitative estimate of drug-likeness (QED) is 0.555. The van der Waals surface area contributed by atoms with Crippen molar-refractivity contribution in [2.75, 3.05) is 0 Å². The summed E-state index contributed by atoms with van der Waals surface area (Å²) in [7, 11) is 0. The Kier molecular flexibility index (Phi) is 2.96. The van der Waals surface area contributed by atoms with Crippen molar-refractivity contribution < 1.29 is 4.52 Å². The Morgan fingerprint density at radius 3 is 2.58 bits per heavy atom. The molecule has 5 rings (SSSR count). The fourth-order valence-corrected chi connectivity index (χ4v) is 3.47. The second-order valence-corrected chi connectivity index (χ2v) is 7.84. The van der Waals surface area contributed by atoms with E-state index < -0.39 is 0 Å². The van der Waals surface area contributed by atoms with E-state index in [-0.39, 0.29) is 11.1 Å². The molecule has 3 aromatic heterocycles. The van der Waals surface area contributed by atoms with Gasteiger partial charge in [0.25, 0.3) is 11.4 Å². The number of rotatable bonds is 2. The number of aromatic nitrogens is 5. The van der Waals surface area contributed by atoms with Gasteiger partial charge in [-0.1, -0.05) is 17.3 Å². The van der Waals surface area contributed by atoms with Crippen molar-refractivity contribution in [1.29, 1.82) is 0 Å². The number of nitrogens with zero attached hydrogens (tertiary/aromatic N) is 5. The molecule has 1 saturated carbocycles. The van der Waals surface area contributed by atoms with Crippen LogP contribution in [-0.2, 0) is 5.54 Å². The fraction of sp³-hybridized carbons (Fsp3) is 0.368. The minimum absolute atomic E-state index is 0.116. The fourth-order valence-electron chi connectivity index (χ4n) is 3.47. The summed E-state index contributed by atoms with van der Waals surface area (Å²) in [5, 5.41) is 4.06. The molecule has 0 spiro atoms. The molecule has 1 aliphatic carbocycles. The van der Waals surface area contributed by atoms with Gasteiger partial charge in [-0.25, -0.2) is 4.98 Å². The first-order valence-corrected chi connectivity index (χ1v) is 8.80. The predicted octanol–water partition coefficient (Wildman–Crippen LogP) is 3.33. The Morgan fingerprint density at radius 2 is 1.88 bits per heavy atom. The molecule has 3 heterocycles. The lowest BCUT2D eigenvalue weighted by molar-refractivity contribution is 0.398. The van der Waals surface area contributed by atoms with Crippen molar-refractivity contribution in [3.8, 4) is 11.6 Å². The zero-order valence-electron chi connectivity index (χ0n) is 14.9. The highest BCUT2D eigenvalue weighted by Crippen LogP contribution is 2.39. The Bertz CT molecular complexity index is 1200. The zero-order valence-corrected chi connectivity index (χ0v) is 14.9. The van der Waals surface area contributed by atoms with Crippen LogP contribution < -0.4 is 5.56 Å². The molecule has 7 nitrogen and oxygen atoms in total. The molecule has 4 aromatic rings. The van der Waals surface area contributed by atoms with Gasteiger partial charge in [0.05, 0.1) is 11.0 Å². The first-order valence-electron chi connectivity index (χ1n) is 8.80. The summed E-state index contributed by atoms with van der Waals surface area (Å²) < 4.78 is 9.05. The first-order chi connectivity index (χ1) is 12.4. The lowest BCUT2D eigenvalue weighted by Crippen LogP contribution is -2.35. The molecule has 0 saturated heterocycles. The number of hydrogen-bond acceptors (Lipinski definition) is 5. The lowest BCUT2D eigenvalue weighted by Gasteiger charge is -2.25. The predicted molar refractivity (Wildman–Crippen MR) is 97.2 cm³/mol. The second-order valence-electron chi connectivity index (χ2n) is 7.84. The molecule has 0 amide bonds. The highest BCUT2D eigenvalue weighted by atomic mass is 16.5. The van der Waals surface area contributed by atoms with E-state index in [4.69, 9.17) is 4.52 Å². The molecular weight excluding hydrogens is 330 g/mol. The molecule has 132 valence electrons. The van der Waals surface area contributed by atoms with E-state index in [2.05, 4.69) is 15.1 Å². The van der Waals surface area contributed by atoms with Crippen molar-refractivity contribution in [2.45, 2.75) is 45.1 Å². The number of hydrogen-bond donors (Lipinski definition) is 0. The summed E-state index contributed by atoms with van der Waals surface area (Å²) in [6.45, 7) is 6.06. The van der Waals surface area contributed by atoms with Crippen LogP contribution in [0.5, 0.6) is 0 Å². The minimum atomic E-state index is -0.381. The summed E-state index contributed by atoms with van der Waals surface area (Å²) in [5.41, 5.74) is 2.19. The summed E-state index contributed by atoms with van der Waals surface area (Å²) in [6.07, 6.45) is 3.83. The number of para-hydroxylation sites is 2. The van der Waals surface area contributed by atoms with Crippen LogP contribution in [0.1, 0.15) is 45.4 Å². The monoisotopic (exact) mass is 349 g/mol. The van der Waals surface area contributed by atoms with Crippen LogP contribution >= 0.6 is 0 Å². The third kappa shape index (κ3) is 2.13. The summed E-state index contributed by atoms with van der Waals surface area (Å²) in [6, 6.07) is 7.84. The third-order valence-corrected chi connectivity index (χ3v) is 4.81. The van der Waals surface area contributed by atoms with Crippen molar-refractivity contribution in [1.82, 2.24) is 24.1 Å². The first kappa shape index (κ1) is 15.3. The van der Waals surface area contributed by atoms with E-state index in [1.54, 1.807) is 10.9 Å². The topological polar surface area (TPSA) is 78.2 Å². The number of benzene rings is 1. The second kappa shape index (κ2) is 5.03. The van der Waals surface area contributed by atoms with Crippen LogP contribution in [0.2, 0.25) is 0 Å². The molecule has 1 aromatic carbocycles. The van der Waals surface area contributed by atoms with Gasteiger partial charge in [-0.15, -0.1) is 0 Å². The molecule has 0 bridgehead atoms. The number of imidazole rings is 1. The van der Waals surface area contributed by atoms with Crippen LogP contribution in [0.15, 0.2) is 39.9 Å². The van der Waals surface area contributed by atoms with Gasteiger partial charge in [-0.2, -0.15) is 4.98 Å². The highest BCUT2D eigenvalue weighted by Gasteiger charge is 2.30. The normalized spacial score (nSPS) is 15.2. The van der Waals surface area contributed by atoms with Gasteiger partial charge in [0.2, 0.25) is 0 Å².